The van der Waals surface area contributed by atoms with Crippen molar-refractivity contribution < 1.29 is 9.18 Å². The minimum atomic E-state index is -0.231. The lowest BCUT2D eigenvalue weighted by Crippen LogP contribution is -2.55. The van der Waals surface area contributed by atoms with Crippen LogP contribution in [0.5, 0.6) is 0 Å². The summed E-state index contributed by atoms with van der Waals surface area (Å²) in [5.41, 5.74) is 2.35. The van der Waals surface area contributed by atoms with Gasteiger partial charge in [-0.3, -0.25) is 9.69 Å². The van der Waals surface area contributed by atoms with Crippen LogP contribution in [0.15, 0.2) is 54.6 Å². The van der Waals surface area contributed by atoms with Gasteiger partial charge < -0.3 is 4.90 Å². The summed E-state index contributed by atoms with van der Waals surface area (Å²) in [6.45, 7) is 3.64. The van der Waals surface area contributed by atoms with Crippen LogP contribution in [-0.2, 0) is 17.9 Å². The number of hydrogen-bond donors (Lipinski definition) is 0. The molecule has 136 valence electrons. The second-order valence-electron chi connectivity index (χ2n) is 7.52. The van der Waals surface area contributed by atoms with Crippen LogP contribution >= 0.6 is 0 Å². The van der Waals surface area contributed by atoms with Crippen molar-refractivity contribution in [3.05, 3.63) is 71.5 Å². The molecule has 3 nitrogen and oxygen atoms in total. The van der Waals surface area contributed by atoms with E-state index < -0.39 is 0 Å². The first-order chi connectivity index (χ1) is 12.7. The zero-order valence-electron chi connectivity index (χ0n) is 15.0. The molecule has 2 fully saturated rings. The molecular weight excluding hydrogens is 327 g/mol. The number of nitrogens with zero attached hydrogens (tertiary/aromatic N) is 2. The summed E-state index contributed by atoms with van der Waals surface area (Å²) in [7, 11) is 0. The van der Waals surface area contributed by atoms with E-state index in [-0.39, 0.29) is 11.7 Å². The summed E-state index contributed by atoms with van der Waals surface area (Å²) >= 11 is 0. The molecule has 1 amide bonds. The molecule has 2 aliphatic rings. The topological polar surface area (TPSA) is 23.6 Å². The maximum atomic E-state index is 13.1. The molecule has 2 atom stereocenters. The molecule has 0 saturated carbocycles. The van der Waals surface area contributed by atoms with Gasteiger partial charge in [0.05, 0.1) is 0 Å². The molecule has 0 bridgehead atoms. The van der Waals surface area contributed by atoms with Crippen LogP contribution in [0.3, 0.4) is 0 Å². The minimum absolute atomic E-state index is 0.231. The predicted molar refractivity (Wildman–Crippen MR) is 99.8 cm³/mol. The number of fused-ring (bicyclic) bond motifs is 1. The molecule has 0 aromatic heterocycles. The van der Waals surface area contributed by atoms with E-state index >= 15 is 0 Å². The van der Waals surface area contributed by atoms with Crippen molar-refractivity contribution in [3.63, 3.8) is 0 Å². The lowest BCUT2D eigenvalue weighted by molar-refractivity contribution is -0.142. The highest BCUT2D eigenvalue weighted by atomic mass is 19.1. The number of amides is 1. The Labute approximate surface area is 154 Å². The average Bonchev–Trinajstić information content (AvgIpc) is 2.66. The Bertz CT molecular complexity index is 746. The first-order valence-electron chi connectivity index (χ1n) is 9.49. The zero-order valence-corrected chi connectivity index (χ0v) is 15.0. The molecule has 26 heavy (non-hydrogen) atoms. The molecule has 4 rings (SSSR count). The number of carbonyl (C=O) groups excluding carboxylic acids is 1. The number of likely N-dealkylation sites (tertiary alicyclic amines) is 2. The van der Waals surface area contributed by atoms with Crippen LogP contribution in [0.4, 0.5) is 4.39 Å². The van der Waals surface area contributed by atoms with E-state index in [0.29, 0.717) is 24.9 Å². The Morgan fingerprint density at radius 2 is 1.65 bits per heavy atom. The molecule has 2 saturated heterocycles. The number of hydrogen-bond acceptors (Lipinski definition) is 2. The van der Waals surface area contributed by atoms with Crippen molar-refractivity contribution in [3.8, 4) is 0 Å². The van der Waals surface area contributed by atoms with Gasteiger partial charge in [0.2, 0.25) is 5.91 Å². The molecule has 2 aromatic rings. The fraction of sp³-hybridized carbons (Fsp3) is 0.409. The van der Waals surface area contributed by atoms with Gasteiger partial charge in [-0.2, -0.15) is 0 Å². The third-order valence-electron chi connectivity index (χ3n) is 5.74. The number of carbonyl (C=O) groups is 1. The van der Waals surface area contributed by atoms with Crippen molar-refractivity contribution in [2.45, 2.75) is 38.4 Å². The summed E-state index contributed by atoms with van der Waals surface area (Å²) in [6.07, 6.45) is 2.63. The third kappa shape index (κ3) is 3.80. The first-order valence-corrected chi connectivity index (χ1v) is 9.49. The monoisotopic (exact) mass is 352 g/mol. The van der Waals surface area contributed by atoms with E-state index in [9.17, 15) is 9.18 Å². The average molecular weight is 352 g/mol. The number of halogens is 1. The van der Waals surface area contributed by atoms with Crippen molar-refractivity contribution in [1.29, 1.82) is 0 Å². The normalized spacial score (nSPS) is 23.7. The summed E-state index contributed by atoms with van der Waals surface area (Å²) in [4.78, 5) is 17.1. The molecule has 2 heterocycles. The van der Waals surface area contributed by atoms with Crippen LogP contribution in [0.2, 0.25) is 0 Å². The van der Waals surface area contributed by atoms with Gasteiger partial charge in [-0.25, -0.2) is 4.39 Å². The van der Waals surface area contributed by atoms with Crippen LogP contribution in [0.1, 0.15) is 30.4 Å². The highest BCUT2D eigenvalue weighted by molar-refractivity contribution is 5.77. The van der Waals surface area contributed by atoms with E-state index in [1.807, 2.05) is 4.90 Å². The minimum Gasteiger partial charge on any atom is -0.335 e. The summed E-state index contributed by atoms with van der Waals surface area (Å²) in [5.74, 6) is 0.545. The Kier molecular flexibility index (Phi) is 5.02. The van der Waals surface area contributed by atoms with Gasteiger partial charge in [-0.1, -0.05) is 42.5 Å². The van der Waals surface area contributed by atoms with E-state index in [2.05, 4.69) is 35.2 Å². The largest absolute Gasteiger partial charge is 0.335 e. The Hall–Kier alpha value is -2.20. The van der Waals surface area contributed by atoms with Crippen LogP contribution in [0.25, 0.3) is 0 Å². The van der Waals surface area contributed by atoms with Crippen LogP contribution in [0, 0.1) is 11.7 Å². The van der Waals surface area contributed by atoms with E-state index in [1.165, 1.54) is 17.7 Å². The molecule has 0 radical (unpaired) electrons. The molecular formula is C22H25FN2O. The SMILES string of the molecule is O=C1CC[C@@H]2CN(Cc3ccccc3)CC[C@@H]2N1Cc1ccc(F)cc1. The molecule has 2 aromatic carbocycles. The van der Waals surface area contributed by atoms with E-state index in [1.54, 1.807) is 12.1 Å². The molecule has 2 aliphatic heterocycles. The smallest absolute Gasteiger partial charge is 0.223 e. The molecule has 4 heteroatoms. The highest BCUT2D eigenvalue weighted by Crippen LogP contribution is 2.33. The summed E-state index contributed by atoms with van der Waals surface area (Å²) in [5, 5.41) is 0. The summed E-state index contributed by atoms with van der Waals surface area (Å²) < 4.78 is 13.1. The van der Waals surface area contributed by atoms with Gasteiger partial charge in [0, 0.05) is 38.6 Å². The second-order valence-corrected chi connectivity index (χ2v) is 7.52. The van der Waals surface area contributed by atoms with Gasteiger partial charge in [0.25, 0.3) is 0 Å². The number of rotatable bonds is 4. The third-order valence-corrected chi connectivity index (χ3v) is 5.74. The van der Waals surface area contributed by atoms with Gasteiger partial charge in [-0.05, 0) is 42.0 Å². The second kappa shape index (κ2) is 7.58. The van der Waals surface area contributed by atoms with Gasteiger partial charge in [-0.15, -0.1) is 0 Å². The molecule has 0 aliphatic carbocycles. The lowest BCUT2D eigenvalue weighted by atomic mass is 9.83. The first kappa shape index (κ1) is 17.2. The van der Waals surface area contributed by atoms with Gasteiger partial charge in [0.15, 0.2) is 0 Å². The number of piperidine rings is 2. The lowest BCUT2D eigenvalue weighted by Gasteiger charge is -2.47. The van der Waals surface area contributed by atoms with Gasteiger partial charge in [0.1, 0.15) is 5.82 Å². The molecule has 0 N–H and O–H groups in total. The van der Waals surface area contributed by atoms with Crippen LogP contribution in [-0.4, -0.2) is 34.8 Å². The van der Waals surface area contributed by atoms with Gasteiger partial charge >= 0.3 is 0 Å². The van der Waals surface area contributed by atoms with E-state index in [4.69, 9.17) is 0 Å². The molecule has 0 spiro atoms. The fourth-order valence-corrected chi connectivity index (χ4v) is 4.40. The highest BCUT2D eigenvalue weighted by Gasteiger charge is 2.39. The zero-order chi connectivity index (χ0) is 17.9. The summed E-state index contributed by atoms with van der Waals surface area (Å²) in [6, 6.07) is 17.4. The standard InChI is InChI=1S/C22H25FN2O/c23-20-9-6-18(7-10-20)15-25-21-12-13-24(14-17-4-2-1-3-5-17)16-19(21)8-11-22(25)26/h1-7,9-10,19,21H,8,11-16H2/t19-,21+/m1/s1. The van der Waals surface area contributed by atoms with Crippen molar-refractivity contribution in [2.75, 3.05) is 13.1 Å². The maximum Gasteiger partial charge on any atom is 0.223 e. The Morgan fingerprint density at radius 1 is 0.923 bits per heavy atom. The number of benzene rings is 2. The maximum absolute atomic E-state index is 13.1. The predicted octanol–water partition coefficient (Wildman–Crippen LogP) is 3.84. The van der Waals surface area contributed by atoms with Crippen molar-refractivity contribution in [2.24, 2.45) is 5.92 Å². The van der Waals surface area contributed by atoms with Crippen molar-refractivity contribution >= 4 is 5.91 Å². The fourth-order valence-electron chi connectivity index (χ4n) is 4.40. The quantitative estimate of drug-likeness (QED) is 0.835. The Balaban J connectivity index is 1.42. The van der Waals surface area contributed by atoms with Crippen LogP contribution < -0.4 is 0 Å². The van der Waals surface area contributed by atoms with E-state index in [0.717, 1.165) is 38.0 Å². The molecule has 0 unspecified atom stereocenters. The van der Waals surface area contributed by atoms with Crippen molar-refractivity contribution in [1.82, 2.24) is 9.80 Å². The Morgan fingerprint density at radius 3 is 2.42 bits per heavy atom.